The van der Waals surface area contributed by atoms with Crippen molar-refractivity contribution < 1.29 is 9.53 Å². The van der Waals surface area contributed by atoms with E-state index in [-0.39, 0.29) is 11.9 Å². The number of methoxy groups -OCH3 is 1. The lowest BCUT2D eigenvalue weighted by Gasteiger charge is -2.13. The summed E-state index contributed by atoms with van der Waals surface area (Å²) in [6, 6.07) is 17.4. The zero-order valence-electron chi connectivity index (χ0n) is 12.5. The van der Waals surface area contributed by atoms with Crippen LogP contribution in [0.4, 0.5) is 0 Å². The number of hydrogen-bond donors (Lipinski definition) is 2. The third-order valence-corrected chi connectivity index (χ3v) is 4.09. The second-order valence-electron chi connectivity index (χ2n) is 5.41. The van der Waals surface area contributed by atoms with Crippen LogP contribution in [0.2, 0.25) is 0 Å². The Morgan fingerprint density at radius 3 is 2.48 bits per heavy atom. The highest BCUT2D eigenvalue weighted by Crippen LogP contribution is 2.37. The Balaban J connectivity index is 1.82. The fraction of sp³-hybridized carbons (Fsp3) is 0.111. The molecule has 4 rings (SSSR count). The molecule has 0 unspecified atom stereocenters. The molecule has 0 aliphatic carbocycles. The molecule has 5 nitrogen and oxygen atoms in total. The molecule has 2 heterocycles. The summed E-state index contributed by atoms with van der Waals surface area (Å²) < 4.78 is 5.19. The van der Waals surface area contributed by atoms with E-state index in [2.05, 4.69) is 15.5 Å². The van der Waals surface area contributed by atoms with Crippen LogP contribution < -0.4 is 10.1 Å². The van der Waals surface area contributed by atoms with Crippen LogP contribution in [0.25, 0.3) is 11.3 Å². The van der Waals surface area contributed by atoms with E-state index in [9.17, 15) is 4.79 Å². The molecule has 1 aliphatic rings. The SMILES string of the molecule is COc1ccc(-c2n[nH]c3c2[C@@H](c2ccccc2)NC3=O)cc1. The van der Waals surface area contributed by atoms with Crippen LogP contribution in [-0.4, -0.2) is 23.2 Å². The number of aromatic nitrogens is 2. The van der Waals surface area contributed by atoms with Crippen molar-refractivity contribution in [3.05, 3.63) is 71.4 Å². The van der Waals surface area contributed by atoms with Gasteiger partial charge in [-0.1, -0.05) is 30.3 Å². The quantitative estimate of drug-likeness (QED) is 0.782. The first-order valence-corrected chi connectivity index (χ1v) is 7.36. The number of hydrogen-bond acceptors (Lipinski definition) is 3. The number of aromatic amines is 1. The fourth-order valence-corrected chi connectivity index (χ4v) is 2.94. The largest absolute Gasteiger partial charge is 0.497 e. The second kappa shape index (κ2) is 5.28. The minimum atomic E-state index is -0.186. The number of fused-ring (bicyclic) bond motifs is 1. The van der Waals surface area contributed by atoms with E-state index >= 15 is 0 Å². The molecule has 0 bridgehead atoms. The first-order valence-electron chi connectivity index (χ1n) is 7.36. The van der Waals surface area contributed by atoms with E-state index in [0.717, 1.165) is 28.1 Å². The van der Waals surface area contributed by atoms with E-state index in [1.165, 1.54) is 0 Å². The third kappa shape index (κ3) is 2.17. The van der Waals surface area contributed by atoms with Crippen LogP contribution in [0.1, 0.15) is 27.7 Å². The predicted octanol–water partition coefficient (Wildman–Crippen LogP) is 2.92. The standard InChI is InChI=1S/C18H15N3O2/c1-23-13-9-7-12(8-10-13)16-14-15(11-5-3-2-4-6-11)19-18(22)17(14)21-20-16/h2-10,15H,1H3,(H,19,22)(H,20,21)/t15-/m1/s1. The molecule has 1 atom stereocenters. The van der Waals surface area contributed by atoms with Crippen molar-refractivity contribution in [1.29, 1.82) is 0 Å². The number of nitrogens with one attached hydrogen (secondary N) is 2. The summed E-state index contributed by atoms with van der Waals surface area (Å²) in [7, 11) is 1.63. The van der Waals surface area contributed by atoms with Crippen molar-refractivity contribution in [1.82, 2.24) is 15.5 Å². The first-order chi connectivity index (χ1) is 11.3. The maximum atomic E-state index is 12.2. The smallest absolute Gasteiger partial charge is 0.270 e. The molecular formula is C18H15N3O2. The Morgan fingerprint density at radius 2 is 1.78 bits per heavy atom. The summed E-state index contributed by atoms with van der Waals surface area (Å²) in [6.45, 7) is 0. The van der Waals surface area contributed by atoms with E-state index < -0.39 is 0 Å². The highest BCUT2D eigenvalue weighted by atomic mass is 16.5. The van der Waals surface area contributed by atoms with Crippen molar-refractivity contribution in [2.75, 3.05) is 7.11 Å². The van der Waals surface area contributed by atoms with E-state index in [1.807, 2.05) is 54.6 Å². The highest BCUT2D eigenvalue weighted by Gasteiger charge is 2.35. The first kappa shape index (κ1) is 13.6. The van der Waals surface area contributed by atoms with Crippen LogP contribution in [0, 0.1) is 0 Å². The Labute approximate surface area is 133 Å². The highest BCUT2D eigenvalue weighted by molar-refractivity contribution is 6.00. The number of carbonyl (C=O) groups excluding carboxylic acids is 1. The molecule has 3 aromatic rings. The third-order valence-electron chi connectivity index (χ3n) is 4.09. The van der Waals surface area contributed by atoms with E-state index in [4.69, 9.17) is 4.74 Å². The van der Waals surface area contributed by atoms with Crippen LogP contribution in [-0.2, 0) is 0 Å². The molecular weight excluding hydrogens is 290 g/mol. The predicted molar refractivity (Wildman–Crippen MR) is 86.3 cm³/mol. The van der Waals surface area contributed by atoms with Gasteiger partial charge in [-0.2, -0.15) is 5.10 Å². The summed E-state index contributed by atoms with van der Waals surface area (Å²) in [5.41, 5.74) is 4.20. The van der Waals surface area contributed by atoms with Gasteiger partial charge in [0.15, 0.2) is 0 Å². The van der Waals surface area contributed by atoms with Gasteiger partial charge >= 0.3 is 0 Å². The van der Waals surface area contributed by atoms with Gasteiger partial charge in [0.2, 0.25) is 0 Å². The molecule has 114 valence electrons. The van der Waals surface area contributed by atoms with Crippen LogP contribution in [0.5, 0.6) is 5.75 Å². The van der Waals surface area contributed by atoms with Gasteiger partial charge in [0.25, 0.3) is 5.91 Å². The molecule has 23 heavy (non-hydrogen) atoms. The zero-order valence-corrected chi connectivity index (χ0v) is 12.5. The van der Waals surface area contributed by atoms with Gasteiger partial charge in [-0.25, -0.2) is 0 Å². The minimum Gasteiger partial charge on any atom is -0.497 e. The molecule has 5 heteroatoms. The van der Waals surface area contributed by atoms with Crippen LogP contribution in [0.15, 0.2) is 54.6 Å². The Kier molecular flexibility index (Phi) is 3.12. The van der Waals surface area contributed by atoms with Crippen LogP contribution in [0.3, 0.4) is 0 Å². The molecule has 1 aromatic heterocycles. The molecule has 1 amide bonds. The monoisotopic (exact) mass is 305 g/mol. The molecule has 2 aromatic carbocycles. The van der Waals surface area contributed by atoms with Gasteiger partial charge in [0.1, 0.15) is 11.4 Å². The van der Waals surface area contributed by atoms with Crippen molar-refractivity contribution in [2.45, 2.75) is 6.04 Å². The van der Waals surface area contributed by atoms with Gasteiger partial charge < -0.3 is 10.1 Å². The maximum Gasteiger partial charge on any atom is 0.270 e. The summed E-state index contributed by atoms with van der Waals surface area (Å²) >= 11 is 0. The van der Waals surface area contributed by atoms with Crippen molar-refractivity contribution >= 4 is 5.91 Å². The topological polar surface area (TPSA) is 67.0 Å². The number of carbonyl (C=O) groups is 1. The Hall–Kier alpha value is -3.08. The number of amides is 1. The van der Waals surface area contributed by atoms with Gasteiger partial charge in [0.05, 0.1) is 18.8 Å². The van der Waals surface area contributed by atoms with E-state index in [1.54, 1.807) is 7.11 Å². The molecule has 0 saturated carbocycles. The van der Waals surface area contributed by atoms with Gasteiger partial charge in [-0.05, 0) is 29.8 Å². The van der Waals surface area contributed by atoms with Crippen LogP contribution >= 0.6 is 0 Å². The summed E-state index contributed by atoms with van der Waals surface area (Å²) in [6.07, 6.45) is 0. The number of H-pyrrole nitrogens is 1. The van der Waals surface area contributed by atoms with Gasteiger partial charge in [-0.15, -0.1) is 0 Å². The second-order valence-corrected chi connectivity index (χ2v) is 5.41. The van der Waals surface area contributed by atoms with Gasteiger partial charge in [0, 0.05) is 11.1 Å². The molecule has 1 aliphatic heterocycles. The zero-order chi connectivity index (χ0) is 15.8. The summed E-state index contributed by atoms with van der Waals surface area (Å²) in [5.74, 6) is 0.663. The number of ether oxygens (including phenoxy) is 1. The number of rotatable bonds is 3. The lowest BCUT2D eigenvalue weighted by molar-refractivity contribution is 0.0955. The van der Waals surface area contributed by atoms with E-state index in [0.29, 0.717) is 5.69 Å². The number of nitrogens with zero attached hydrogens (tertiary/aromatic N) is 1. The van der Waals surface area contributed by atoms with Gasteiger partial charge in [-0.3, -0.25) is 9.89 Å². The fourth-order valence-electron chi connectivity index (χ4n) is 2.94. The number of benzene rings is 2. The minimum absolute atomic E-state index is 0.124. The molecule has 0 spiro atoms. The van der Waals surface area contributed by atoms with Crippen molar-refractivity contribution in [3.63, 3.8) is 0 Å². The lowest BCUT2D eigenvalue weighted by Crippen LogP contribution is -2.21. The summed E-state index contributed by atoms with van der Waals surface area (Å²) in [5, 5.41) is 10.2. The normalized spacial score (nSPS) is 16.0. The van der Waals surface area contributed by atoms with Crippen molar-refractivity contribution in [2.24, 2.45) is 0 Å². The molecule has 0 radical (unpaired) electrons. The van der Waals surface area contributed by atoms with Crippen molar-refractivity contribution in [3.8, 4) is 17.0 Å². The Morgan fingerprint density at radius 1 is 1.04 bits per heavy atom. The maximum absolute atomic E-state index is 12.2. The molecule has 0 fully saturated rings. The molecule has 0 saturated heterocycles. The summed E-state index contributed by atoms with van der Waals surface area (Å²) in [4.78, 5) is 12.2. The lowest BCUT2D eigenvalue weighted by atomic mass is 9.97. The Bertz CT molecular complexity index is 854. The average Bonchev–Trinajstić information content (AvgIpc) is 3.17. The molecule has 2 N–H and O–H groups in total. The average molecular weight is 305 g/mol.